The maximum absolute atomic E-state index is 11.9. The first-order chi connectivity index (χ1) is 11.5. The number of carbonyl (C=O) groups excluding carboxylic acids is 1. The third-order valence-corrected chi connectivity index (χ3v) is 4.33. The van der Waals surface area contributed by atoms with Crippen molar-refractivity contribution in [3.8, 4) is 0 Å². The van der Waals surface area contributed by atoms with Crippen LogP contribution < -0.4 is 5.32 Å². The van der Waals surface area contributed by atoms with Crippen molar-refractivity contribution in [3.05, 3.63) is 58.3 Å². The maximum atomic E-state index is 11.9. The maximum Gasteiger partial charge on any atom is 0.322 e. The van der Waals surface area contributed by atoms with Gasteiger partial charge in [0.25, 0.3) is 0 Å². The zero-order chi connectivity index (χ0) is 17.4. The topological polar surface area (TPSA) is 89.9 Å². The van der Waals surface area contributed by atoms with Crippen molar-refractivity contribution in [2.75, 3.05) is 19.6 Å². The van der Waals surface area contributed by atoms with Gasteiger partial charge in [-0.15, -0.1) is 11.3 Å². The van der Waals surface area contributed by atoms with E-state index in [1.165, 1.54) is 11.3 Å². The first-order valence-electron chi connectivity index (χ1n) is 7.51. The second-order valence-electron chi connectivity index (χ2n) is 5.36. The molecule has 0 aliphatic rings. The molecule has 6 nitrogen and oxygen atoms in total. The predicted octanol–water partition coefficient (Wildman–Crippen LogP) is 1.48. The number of carboxylic acids is 1. The quantitative estimate of drug-likeness (QED) is 0.639. The molecular weight excluding hydrogens is 328 g/mol. The molecule has 0 radical (unpaired) electrons. The first-order valence-corrected chi connectivity index (χ1v) is 8.39. The molecule has 128 valence electrons. The van der Waals surface area contributed by atoms with Crippen LogP contribution >= 0.6 is 11.3 Å². The van der Waals surface area contributed by atoms with Gasteiger partial charge in [0.1, 0.15) is 12.6 Å². The number of nitrogens with one attached hydrogen (secondary N) is 1. The van der Waals surface area contributed by atoms with Crippen LogP contribution in [0.25, 0.3) is 0 Å². The van der Waals surface area contributed by atoms with Crippen LogP contribution in [-0.4, -0.2) is 46.6 Å². The number of carbonyl (C=O) groups is 2. The van der Waals surface area contributed by atoms with E-state index in [0.29, 0.717) is 6.54 Å². The number of hydrogen-bond donors (Lipinski definition) is 3. The third-order valence-electron chi connectivity index (χ3n) is 3.36. The Bertz CT molecular complexity index is 646. The van der Waals surface area contributed by atoms with Crippen molar-refractivity contribution < 1.29 is 19.8 Å². The van der Waals surface area contributed by atoms with Gasteiger partial charge in [-0.1, -0.05) is 36.4 Å². The number of thiophene rings is 1. The molecule has 2 aromatic rings. The van der Waals surface area contributed by atoms with Gasteiger partial charge in [0, 0.05) is 18.0 Å². The summed E-state index contributed by atoms with van der Waals surface area (Å²) in [6.45, 7) is 0.385. The van der Waals surface area contributed by atoms with Crippen molar-refractivity contribution in [2.45, 2.75) is 12.6 Å². The highest BCUT2D eigenvalue weighted by Gasteiger charge is 2.18. The second-order valence-corrected chi connectivity index (χ2v) is 6.34. The second kappa shape index (κ2) is 9.17. The van der Waals surface area contributed by atoms with Crippen LogP contribution in [0, 0.1) is 0 Å². The zero-order valence-corrected chi connectivity index (χ0v) is 13.9. The molecule has 3 N–H and O–H groups in total. The Morgan fingerprint density at radius 3 is 2.54 bits per heavy atom. The smallest absolute Gasteiger partial charge is 0.322 e. The van der Waals surface area contributed by atoms with Gasteiger partial charge in [0.2, 0.25) is 5.91 Å². The molecule has 1 heterocycles. The Morgan fingerprint density at radius 1 is 1.17 bits per heavy atom. The Morgan fingerprint density at radius 2 is 1.92 bits per heavy atom. The average Bonchev–Trinajstić information content (AvgIpc) is 3.08. The number of amides is 1. The molecule has 1 aromatic carbocycles. The minimum atomic E-state index is -1.09. The van der Waals surface area contributed by atoms with E-state index in [4.69, 9.17) is 5.11 Å². The summed E-state index contributed by atoms with van der Waals surface area (Å²) in [6, 6.07) is 13.3. The van der Waals surface area contributed by atoms with E-state index in [2.05, 4.69) is 5.32 Å². The van der Waals surface area contributed by atoms with Crippen LogP contribution in [0.1, 0.15) is 16.5 Å². The van der Waals surface area contributed by atoms with E-state index >= 15 is 0 Å². The highest BCUT2D eigenvalue weighted by molar-refractivity contribution is 7.10. The van der Waals surface area contributed by atoms with Crippen LogP contribution in [-0.2, 0) is 16.1 Å². The van der Waals surface area contributed by atoms with E-state index in [-0.39, 0.29) is 19.0 Å². The normalized spacial score (nSPS) is 12.1. The molecule has 0 aliphatic heterocycles. The summed E-state index contributed by atoms with van der Waals surface area (Å²) >= 11 is 1.46. The number of carboxylic acid groups (broad SMARTS) is 1. The molecule has 7 heteroatoms. The summed E-state index contributed by atoms with van der Waals surface area (Å²) in [5.74, 6) is -1.47. The standard InChI is InChI=1S/C17H20N2O4S/c20-14(15-7-4-8-24-15)11-19(10-13-5-2-1-3-6-13)12-16(21)18-9-17(22)23/h1-8,14,20H,9-12H2,(H,18,21)(H,22,23). The van der Waals surface area contributed by atoms with Gasteiger partial charge in [0.15, 0.2) is 0 Å². The molecule has 0 aliphatic carbocycles. The largest absolute Gasteiger partial charge is 0.480 e. The molecule has 0 saturated carbocycles. The van der Waals surface area contributed by atoms with Gasteiger partial charge in [0.05, 0.1) is 6.54 Å². The van der Waals surface area contributed by atoms with Gasteiger partial charge in [-0.2, -0.15) is 0 Å². The van der Waals surface area contributed by atoms with E-state index in [1.807, 2.05) is 47.8 Å². The van der Waals surface area contributed by atoms with E-state index in [1.54, 1.807) is 4.90 Å². The lowest BCUT2D eigenvalue weighted by molar-refractivity contribution is -0.138. The number of hydrogen-bond acceptors (Lipinski definition) is 5. The minimum absolute atomic E-state index is 0.0185. The van der Waals surface area contributed by atoms with E-state index in [9.17, 15) is 14.7 Å². The molecule has 1 unspecified atom stereocenters. The Balaban J connectivity index is 2.00. The fraction of sp³-hybridized carbons (Fsp3) is 0.294. The number of nitrogens with zero attached hydrogens (tertiary/aromatic N) is 1. The molecule has 1 amide bonds. The summed E-state index contributed by atoms with van der Waals surface area (Å²) in [5, 5.41) is 23.2. The SMILES string of the molecule is O=C(O)CNC(=O)CN(Cc1ccccc1)CC(O)c1cccs1. The van der Waals surface area contributed by atoms with Crippen molar-refractivity contribution >= 4 is 23.2 Å². The van der Waals surface area contributed by atoms with Gasteiger partial charge in [-0.25, -0.2) is 0 Å². The van der Waals surface area contributed by atoms with E-state index in [0.717, 1.165) is 10.4 Å². The minimum Gasteiger partial charge on any atom is -0.480 e. The highest BCUT2D eigenvalue weighted by Crippen LogP contribution is 2.20. The fourth-order valence-electron chi connectivity index (χ4n) is 2.28. The highest BCUT2D eigenvalue weighted by atomic mass is 32.1. The molecule has 1 atom stereocenters. The molecule has 0 bridgehead atoms. The molecular formula is C17H20N2O4S. The molecule has 0 saturated heterocycles. The molecule has 24 heavy (non-hydrogen) atoms. The van der Waals surface area contributed by atoms with Gasteiger partial charge < -0.3 is 15.5 Å². The lowest BCUT2D eigenvalue weighted by atomic mass is 10.2. The van der Waals surface area contributed by atoms with Crippen molar-refractivity contribution in [1.29, 1.82) is 0 Å². The summed E-state index contributed by atoms with van der Waals surface area (Å²) in [5.41, 5.74) is 1.02. The van der Waals surface area contributed by atoms with Crippen LogP contribution in [0.5, 0.6) is 0 Å². The Hall–Kier alpha value is -2.22. The summed E-state index contributed by atoms with van der Waals surface area (Å²) < 4.78 is 0. The fourth-order valence-corrected chi connectivity index (χ4v) is 2.98. The molecule has 0 spiro atoms. The monoisotopic (exact) mass is 348 g/mol. The third kappa shape index (κ3) is 6.11. The van der Waals surface area contributed by atoms with Gasteiger partial charge >= 0.3 is 5.97 Å². The molecule has 1 aromatic heterocycles. The summed E-state index contributed by atoms with van der Waals surface area (Å²) in [7, 11) is 0. The summed E-state index contributed by atoms with van der Waals surface area (Å²) in [6.07, 6.45) is -0.694. The van der Waals surface area contributed by atoms with Crippen molar-refractivity contribution in [1.82, 2.24) is 10.2 Å². The number of rotatable bonds is 9. The van der Waals surface area contributed by atoms with Crippen LogP contribution in [0.15, 0.2) is 47.8 Å². The number of aliphatic hydroxyl groups excluding tert-OH is 1. The van der Waals surface area contributed by atoms with Crippen molar-refractivity contribution in [3.63, 3.8) is 0 Å². The first kappa shape index (κ1) is 18.1. The number of aliphatic hydroxyl groups is 1. The summed E-state index contributed by atoms with van der Waals surface area (Å²) in [4.78, 5) is 25.1. The predicted molar refractivity (Wildman–Crippen MR) is 91.6 cm³/mol. The Labute approximate surface area is 144 Å². The number of aliphatic carboxylic acids is 1. The average molecular weight is 348 g/mol. The van der Waals surface area contributed by atoms with Crippen LogP contribution in [0.2, 0.25) is 0 Å². The zero-order valence-electron chi connectivity index (χ0n) is 13.1. The van der Waals surface area contributed by atoms with Crippen molar-refractivity contribution in [2.24, 2.45) is 0 Å². The van der Waals surface area contributed by atoms with Gasteiger partial charge in [-0.05, 0) is 17.0 Å². The lowest BCUT2D eigenvalue weighted by Crippen LogP contribution is -2.40. The molecule has 2 rings (SSSR count). The number of benzene rings is 1. The van der Waals surface area contributed by atoms with Crippen LogP contribution in [0.3, 0.4) is 0 Å². The lowest BCUT2D eigenvalue weighted by Gasteiger charge is -2.24. The van der Waals surface area contributed by atoms with E-state index < -0.39 is 18.6 Å². The molecule has 0 fully saturated rings. The Kier molecular flexibility index (Phi) is 6.92. The van der Waals surface area contributed by atoms with Crippen LogP contribution in [0.4, 0.5) is 0 Å². The van der Waals surface area contributed by atoms with Gasteiger partial charge in [-0.3, -0.25) is 14.5 Å².